The van der Waals surface area contributed by atoms with Crippen molar-refractivity contribution in [2.24, 2.45) is 0 Å². The lowest BCUT2D eigenvalue weighted by molar-refractivity contribution is -0.904. The lowest BCUT2D eigenvalue weighted by Gasteiger charge is -2.32. The Balaban J connectivity index is 1.85. The van der Waals surface area contributed by atoms with E-state index in [0.717, 1.165) is 26.2 Å². The van der Waals surface area contributed by atoms with Crippen molar-refractivity contribution in [1.82, 2.24) is 4.90 Å². The summed E-state index contributed by atoms with van der Waals surface area (Å²) in [6.07, 6.45) is 1.17. The van der Waals surface area contributed by atoms with Gasteiger partial charge in [-0.3, -0.25) is 0 Å². The SMILES string of the molecule is CCC[NH+]1CCN(C(=O)Nc2ccc(C(=O)OCC)cc2)CC1. The fourth-order valence-electron chi connectivity index (χ4n) is 2.74. The minimum absolute atomic E-state index is 0.0792. The highest BCUT2D eigenvalue weighted by molar-refractivity contribution is 5.92. The van der Waals surface area contributed by atoms with Gasteiger partial charge in [-0.2, -0.15) is 0 Å². The van der Waals surface area contributed by atoms with Crippen LogP contribution in [0.4, 0.5) is 10.5 Å². The number of quaternary nitrogens is 1. The van der Waals surface area contributed by atoms with Crippen LogP contribution in [0.15, 0.2) is 24.3 Å². The molecule has 0 atom stereocenters. The molecule has 1 aromatic carbocycles. The third-order valence-electron chi connectivity index (χ3n) is 4.01. The van der Waals surface area contributed by atoms with Gasteiger partial charge in [0, 0.05) is 5.69 Å². The summed E-state index contributed by atoms with van der Waals surface area (Å²) in [5.74, 6) is -0.347. The van der Waals surface area contributed by atoms with Gasteiger partial charge in [0.1, 0.15) is 0 Å². The topological polar surface area (TPSA) is 63.1 Å². The first-order chi connectivity index (χ1) is 11.1. The van der Waals surface area contributed by atoms with Crippen molar-refractivity contribution in [3.63, 3.8) is 0 Å². The molecule has 2 rings (SSSR count). The Hall–Kier alpha value is -2.08. The summed E-state index contributed by atoms with van der Waals surface area (Å²) in [6, 6.07) is 6.70. The predicted octanol–water partition coefficient (Wildman–Crippen LogP) is 1.01. The molecular weight excluding hydrogens is 294 g/mol. The van der Waals surface area contributed by atoms with Crippen molar-refractivity contribution in [2.75, 3.05) is 44.6 Å². The molecule has 1 fully saturated rings. The maximum Gasteiger partial charge on any atom is 0.338 e. The third-order valence-corrected chi connectivity index (χ3v) is 4.01. The Morgan fingerprint density at radius 2 is 1.83 bits per heavy atom. The molecule has 0 radical (unpaired) electrons. The average Bonchev–Trinajstić information content (AvgIpc) is 2.56. The van der Waals surface area contributed by atoms with Crippen molar-refractivity contribution in [1.29, 1.82) is 0 Å². The van der Waals surface area contributed by atoms with Crippen molar-refractivity contribution < 1.29 is 19.2 Å². The second-order valence-corrected chi connectivity index (χ2v) is 5.72. The number of urea groups is 1. The van der Waals surface area contributed by atoms with Crippen LogP contribution >= 0.6 is 0 Å². The third kappa shape index (κ3) is 4.96. The normalized spacial score (nSPS) is 15.3. The van der Waals surface area contributed by atoms with Crippen molar-refractivity contribution >= 4 is 17.7 Å². The minimum atomic E-state index is -0.347. The van der Waals surface area contributed by atoms with Crippen LogP contribution in [0.1, 0.15) is 30.6 Å². The van der Waals surface area contributed by atoms with E-state index in [0.29, 0.717) is 17.9 Å². The van der Waals surface area contributed by atoms with E-state index in [4.69, 9.17) is 4.74 Å². The number of carbonyl (C=O) groups is 2. The molecule has 23 heavy (non-hydrogen) atoms. The summed E-state index contributed by atoms with van der Waals surface area (Å²) < 4.78 is 4.94. The van der Waals surface area contributed by atoms with E-state index >= 15 is 0 Å². The highest BCUT2D eigenvalue weighted by atomic mass is 16.5. The maximum absolute atomic E-state index is 12.3. The molecule has 1 aliphatic heterocycles. The molecule has 6 heteroatoms. The molecule has 2 N–H and O–H groups in total. The van der Waals surface area contributed by atoms with E-state index in [1.54, 1.807) is 36.1 Å². The lowest BCUT2D eigenvalue weighted by atomic mass is 10.2. The van der Waals surface area contributed by atoms with Crippen LogP contribution in [-0.2, 0) is 4.74 Å². The lowest BCUT2D eigenvalue weighted by Crippen LogP contribution is -3.14. The Labute approximate surface area is 137 Å². The average molecular weight is 320 g/mol. The zero-order valence-electron chi connectivity index (χ0n) is 13.9. The number of hydrogen-bond donors (Lipinski definition) is 2. The van der Waals surface area contributed by atoms with Gasteiger partial charge in [-0.15, -0.1) is 0 Å². The zero-order valence-corrected chi connectivity index (χ0v) is 13.9. The highest BCUT2D eigenvalue weighted by Crippen LogP contribution is 2.11. The molecule has 0 aromatic heterocycles. The van der Waals surface area contributed by atoms with Gasteiger partial charge in [-0.1, -0.05) is 6.92 Å². The van der Waals surface area contributed by atoms with Gasteiger partial charge in [0.05, 0.1) is 44.9 Å². The number of amides is 2. The smallest absolute Gasteiger partial charge is 0.338 e. The van der Waals surface area contributed by atoms with Gasteiger partial charge >= 0.3 is 12.0 Å². The number of benzene rings is 1. The quantitative estimate of drug-likeness (QED) is 0.796. The molecule has 0 saturated carbocycles. The Bertz CT molecular complexity index is 522. The van der Waals surface area contributed by atoms with Gasteiger partial charge in [0.25, 0.3) is 0 Å². The van der Waals surface area contributed by atoms with E-state index in [2.05, 4.69) is 12.2 Å². The molecule has 0 spiro atoms. The summed E-state index contributed by atoms with van der Waals surface area (Å²) in [5.41, 5.74) is 1.17. The molecule has 1 saturated heterocycles. The van der Waals surface area contributed by atoms with Gasteiger partial charge in [0.2, 0.25) is 0 Å². The van der Waals surface area contributed by atoms with Crippen molar-refractivity contribution in [3.05, 3.63) is 29.8 Å². The Kier molecular flexibility index (Phi) is 6.40. The maximum atomic E-state index is 12.3. The number of anilines is 1. The van der Waals surface area contributed by atoms with Gasteiger partial charge in [-0.05, 0) is 37.6 Å². The predicted molar refractivity (Wildman–Crippen MR) is 88.8 cm³/mol. The minimum Gasteiger partial charge on any atom is -0.462 e. The molecule has 1 aromatic rings. The molecule has 6 nitrogen and oxygen atoms in total. The molecule has 0 aliphatic carbocycles. The molecule has 1 heterocycles. The second-order valence-electron chi connectivity index (χ2n) is 5.72. The number of nitrogens with one attached hydrogen (secondary N) is 2. The number of carbonyl (C=O) groups excluding carboxylic acids is 2. The fraction of sp³-hybridized carbons (Fsp3) is 0.529. The summed E-state index contributed by atoms with van der Waals surface area (Å²) in [6.45, 7) is 9.05. The number of nitrogens with zero attached hydrogens (tertiary/aromatic N) is 1. The van der Waals surface area contributed by atoms with Crippen LogP contribution in [0.3, 0.4) is 0 Å². The molecular formula is C17H26N3O3+. The number of hydrogen-bond acceptors (Lipinski definition) is 3. The highest BCUT2D eigenvalue weighted by Gasteiger charge is 2.23. The fourth-order valence-corrected chi connectivity index (χ4v) is 2.74. The Morgan fingerprint density at radius 1 is 1.17 bits per heavy atom. The van der Waals surface area contributed by atoms with E-state index in [9.17, 15) is 9.59 Å². The zero-order chi connectivity index (χ0) is 16.7. The molecule has 0 bridgehead atoms. The Morgan fingerprint density at radius 3 is 2.39 bits per heavy atom. The van der Waals surface area contributed by atoms with E-state index < -0.39 is 0 Å². The van der Waals surface area contributed by atoms with Crippen molar-refractivity contribution in [2.45, 2.75) is 20.3 Å². The summed E-state index contributed by atoms with van der Waals surface area (Å²) >= 11 is 0. The summed E-state index contributed by atoms with van der Waals surface area (Å²) in [4.78, 5) is 27.3. The van der Waals surface area contributed by atoms with Crippen LogP contribution in [0.25, 0.3) is 0 Å². The van der Waals surface area contributed by atoms with E-state index in [1.165, 1.54) is 13.0 Å². The van der Waals surface area contributed by atoms with Gasteiger partial charge in [0.15, 0.2) is 0 Å². The first kappa shape index (κ1) is 17.3. The van der Waals surface area contributed by atoms with Crippen LogP contribution in [-0.4, -0.2) is 56.2 Å². The number of rotatable bonds is 5. The summed E-state index contributed by atoms with van der Waals surface area (Å²) in [5, 5.41) is 2.88. The van der Waals surface area contributed by atoms with E-state index in [1.807, 2.05) is 4.90 Å². The van der Waals surface area contributed by atoms with Crippen LogP contribution < -0.4 is 10.2 Å². The number of ether oxygens (including phenoxy) is 1. The molecule has 1 aliphatic rings. The van der Waals surface area contributed by atoms with Crippen LogP contribution in [0.5, 0.6) is 0 Å². The largest absolute Gasteiger partial charge is 0.462 e. The number of piperazine rings is 1. The van der Waals surface area contributed by atoms with E-state index in [-0.39, 0.29) is 12.0 Å². The van der Waals surface area contributed by atoms with Crippen molar-refractivity contribution in [3.8, 4) is 0 Å². The van der Waals surface area contributed by atoms with Gasteiger partial charge < -0.3 is 19.9 Å². The number of esters is 1. The first-order valence-electron chi connectivity index (χ1n) is 8.30. The summed E-state index contributed by atoms with van der Waals surface area (Å²) in [7, 11) is 0. The van der Waals surface area contributed by atoms with Crippen LogP contribution in [0.2, 0.25) is 0 Å². The van der Waals surface area contributed by atoms with Gasteiger partial charge in [-0.25, -0.2) is 9.59 Å². The first-order valence-corrected chi connectivity index (χ1v) is 8.30. The second kappa shape index (κ2) is 8.53. The molecule has 126 valence electrons. The molecule has 2 amide bonds. The standard InChI is InChI=1S/C17H25N3O3/c1-3-9-19-10-12-20(13-11-19)17(22)18-15-7-5-14(6-8-15)16(21)23-4-2/h5-8H,3-4,9-13H2,1-2H3,(H,18,22)/p+1. The monoisotopic (exact) mass is 320 g/mol. The van der Waals surface area contributed by atoms with Crippen LogP contribution in [0, 0.1) is 0 Å². The molecule has 0 unspecified atom stereocenters.